The average Bonchev–Trinajstić information content (AvgIpc) is 2.47. The van der Waals surface area contributed by atoms with Crippen LogP contribution in [0.25, 0.3) is 6.08 Å². The number of carboxylic acid groups (broad SMARTS) is 1. The van der Waals surface area contributed by atoms with Gasteiger partial charge in [-0.15, -0.1) is 0 Å². The molecular formula is C14H14ClF3O3. The average molecular weight is 323 g/mol. The Morgan fingerprint density at radius 2 is 2.05 bits per heavy atom. The number of aliphatic carboxylic acids is 1. The number of hydrogen-bond acceptors (Lipinski definition) is 2. The van der Waals surface area contributed by atoms with Gasteiger partial charge < -0.3 is 9.84 Å². The molecule has 0 aliphatic carbocycles. The molecular weight excluding hydrogens is 309 g/mol. The summed E-state index contributed by atoms with van der Waals surface area (Å²) in [5.41, 5.74) is 0.694. The molecule has 1 unspecified atom stereocenters. The van der Waals surface area contributed by atoms with Gasteiger partial charge in [-0.3, -0.25) is 4.39 Å². The highest BCUT2D eigenvalue weighted by Crippen LogP contribution is 2.35. The third-order valence-corrected chi connectivity index (χ3v) is 3.26. The third kappa shape index (κ3) is 3.69. The summed E-state index contributed by atoms with van der Waals surface area (Å²) in [6.07, 6.45) is -2.85. The highest BCUT2D eigenvalue weighted by atomic mass is 35.5. The zero-order valence-corrected chi connectivity index (χ0v) is 12.1. The molecule has 0 aromatic heterocycles. The number of fused-ring (bicyclic) bond motifs is 1. The van der Waals surface area contributed by atoms with Crippen LogP contribution in [0.2, 0.25) is 5.02 Å². The molecule has 7 heteroatoms. The monoisotopic (exact) mass is 322 g/mol. The van der Waals surface area contributed by atoms with Crippen molar-refractivity contribution in [3.05, 3.63) is 33.9 Å². The number of ether oxygens (including phenoxy) is 1. The van der Waals surface area contributed by atoms with Gasteiger partial charge in [0.05, 0.1) is 12.8 Å². The molecule has 0 amide bonds. The van der Waals surface area contributed by atoms with Crippen LogP contribution in [0.5, 0.6) is 5.75 Å². The number of rotatable bonds is 3. The molecule has 1 heterocycles. The van der Waals surface area contributed by atoms with Gasteiger partial charge in [0.25, 0.3) is 6.43 Å². The molecule has 1 aliphatic rings. The molecule has 1 atom stereocenters. The molecule has 1 aliphatic heterocycles. The van der Waals surface area contributed by atoms with Crippen LogP contribution in [0.15, 0.2) is 17.7 Å². The molecule has 1 aromatic rings. The first-order valence-corrected chi connectivity index (χ1v) is 6.41. The largest absolute Gasteiger partial charge is 0.479 e. The van der Waals surface area contributed by atoms with Gasteiger partial charge in [-0.1, -0.05) is 18.5 Å². The fraction of sp³-hybridized carbons (Fsp3) is 0.357. The number of carbonyl (C=O) groups is 1. The standard InChI is InChI=1S/C13H11ClF2O3.CH3F/c1-2-6-5-10-7(4-9(6)14)3-8(13(17)18)11(19-10)12(15)16;1-2/h3-5,11-12H,2H2,1H3,(H,17,18);1H3. The summed E-state index contributed by atoms with van der Waals surface area (Å²) >= 11 is 6.01. The Morgan fingerprint density at radius 1 is 1.43 bits per heavy atom. The fourth-order valence-corrected chi connectivity index (χ4v) is 2.22. The molecule has 1 aromatic carbocycles. The van der Waals surface area contributed by atoms with Crippen LogP contribution < -0.4 is 4.74 Å². The fourth-order valence-electron chi connectivity index (χ4n) is 1.92. The van der Waals surface area contributed by atoms with Crippen LogP contribution in [0.3, 0.4) is 0 Å². The molecule has 116 valence electrons. The smallest absolute Gasteiger partial charge is 0.335 e. The van der Waals surface area contributed by atoms with Crippen LogP contribution in [-0.4, -0.2) is 30.8 Å². The minimum absolute atomic E-state index is 0.233. The summed E-state index contributed by atoms with van der Waals surface area (Å²) in [4.78, 5) is 11.0. The predicted octanol–water partition coefficient (Wildman–Crippen LogP) is 3.98. The Kier molecular flexibility index (Phi) is 6.08. The van der Waals surface area contributed by atoms with Gasteiger partial charge in [-0.05, 0) is 30.2 Å². The van der Waals surface area contributed by atoms with E-state index in [9.17, 15) is 18.0 Å². The van der Waals surface area contributed by atoms with E-state index in [1.165, 1.54) is 12.1 Å². The van der Waals surface area contributed by atoms with E-state index in [0.717, 1.165) is 5.56 Å². The zero-order valence-electron chi connectivity index (χ0n) is 11.4. The van der Waals surface area contributed by atoms with Crippen molar-refractivity contribution in [1.82, 2.24) is 0 Å². The first-order chi connectivity index (χ1) is 9.93. The predicted molar refractivity (Wildman–Crippen MR) is 73.9 cm³/mol. The number of halogens is 4. The number of aryl methyl sites for hydroxylation is 1. The second-order valence-electron chi connectivity index (χ2n) is 4.11. The van der Waals surface area contributed by atoms with Gasteiger partial charge in [-0.25, -0.2) is 13.6 Å². The minimum atomic E-state index is -2.91. The molecule has 1 N–H and O–H groups in total. The topological polar surface area (TPSA) is 46.5 Å². The van der Waals surface area contributed by atoms with Crippen LogP contribution >= 0.6 is 11.6 Å². The number of carboxylic acids is 1. The molecule has 0 saturated carbocycles. The summed E-state index contributed by atoms with van der Waals surface area (Å²) in [6, 6.07) is 3.10. The lowest BCUT2D eigenvalue weighted by molar-refractivity contribution is -0.134. The molecule has 21 heavy (non-hydrogen) atoms. The van der Waals surface area contributed by atoms with E-state index in [1.54, 1.807) is 6.07 Å². The summed E-state index contributed by atoms with van der Waals surface area (Å²) in [5.74, 6) is -1.19. The van der Waals surface area contributed by atoms with Gasteiger partial charge in [0.2, 0.25) is 0 Å². The van der Waals surface area contributed by atoms with E-state index in [-0.39, 0.29) is 5.75 Å². The van der Waals surface area contributed by atoms with Gasteiger partial charge in [0.1, 0.15) is 5.75 Å². The van der Waals surface area contributed by atoms with Gasteiger partial charge in [0, 0.05) is 10.6 Å². The third-order valence-electron chi connectivity index (χ3n) is 2.91. The van der Waals surface area contributed by atoms with Crippen LogP contribution in [0.4, 0.5) is 13.2 Å². The van der Waals surface area contributed by atoms with Crippen molar-refractivity contribution in [2.75, 3.05) is 7.18 Å². The van der Waals surface area contributed by atoms with E-state index in [1.807, 2.05) is 6.92 Å². The molecule has 0 saturated heterocycles. The highest BCUT2D eigenvalue weighted by Gasteiger charge is 2.35. The lowest BCUT2D eigenvalue weighted by Gasteiger charge is -2.25. The molecule has 0 fully saturated rings. The molecule has 2 rings (SSSR count). The maximum atomic E-state index is 12.8. The minimum Gasteiger partial charge on any atom is -0.479 e. The van der Waals surface area contributed by atoms with Crippen LogP contribution in [0.1, 0.15) is 18.1 Å². The van der Waals surface area contributed by atoms with Crippen molar-refractivity contribution in [1.29, 1.82) is 0 Å². The second kappa shape index (κ2) is 7.36. The van der Waals surface area contributed by atoms with Gasteiger partial charge >= 0.3 is 5.97 Å². The van der Waals surface area contributed by atoms with Crippen molar-refractivity contribution in [3.8, 4) is 5.75 Å². The number of hydrogen-bond donors (Lipinski definition) is 1. The van der Waals surface area contributed by atoms with E-state index in [2.05, 4.69) is 0 Å². The maximum Gasteiger partial charge on any atom is 0.335 e. The lowest BCUT2D eigenvalue weighted by Crippen LogP contribution is -2.33. The van der Waals surface area contributed by atoms with Gasteiger partial charge in [-0.2, -0.15) is 0 Å². The first-order valence-electron chi connectivity index (χ1n) is 6.04. The first kappa shape index (κ1) is 17.4. The Bertz CT molecular complexity index is 559. The Balaban J connectivity index is 0.00000106. The van der Waals surface area contributed by atoms with Crippen molar-refractivity contribution < 1.29 is 27.8 Å². The van der Waals surface area contributed by atoms with Crippen molar-refractivity contribution in [2.45, 2.75) is 25.9 Å². The maximum absolute atomic E-state index is 12.8. The quantitative estimate of drug-likeness (QED) is 0.915. The molecule has 3 nitrogen and oxygen atoms in total. The SMILES string of the molecule is CCc1cc2c(cc1Cl)C=C(C(=O)O)C(C(F)F)O2.CF. The van der Waals surface area contributed by atoms with E-state index >= 15 is 0 Å². The van der Waals surface area contributed by atoms with Crippen LogP contribution in [-0.2, 0) is 11.2 Å². The zero-order chi connectivity index (χ0) is 16.2. The summed E-state index contributed by atoms with van der Waals surface area (Å²) in [6.45, 7) is 1.87. The summed E-state index contributed by atoms with van der Waals surface area (Å²) < 4.78 is 40.3. The Morgan fingerprint density at radius 3 is 2.52 bits per heavy atom. The molecule has 0 radical (unpaired) electrons. The van der Waals surface area contributed by atoms with Gasteiger partial charge in [0.15, 0.2) is 6.10 Å². The second-order valence-corrected chi connectivity index (χ2v) is 4.52. The van der Waals surface area contributed by atoms with Crippen LogP contribution in [0, 0.1) is 0 Å². The summed E-state index contributed by atoms with van der Waals surface area (Å²) in [7, 11) is 0.500. The normalized spacial score (nSPS) is 16.3. The van der Waals surface area contributed by atoms with Crippen molar-refractivity contribution in [3.63, 3.8) is 0 Å². The van der Waals surface area contributed by atoms with Crippen molar-refractivity contribution >= 4 is 23.6 Å². The number of alkyl halides is 3. The molecule has 0 bridgehead atoms. The number of benzene rings is 1. The Labute approximate surface area is 125 Å². The van der Waals surface area contributed by atoms with Crippen molar-refractivity contribution in [2.24, 2.45) is 0 Å². The van der Waals surface area contributed by atoms with E-state index in [0.29, 0.717) is 24.2 Å². The van der Waals surface area contributed by atoms with E-state index in [4.69, 9.17) is 21.4 Å². The van der Waals surface area contributed by atoms with E-state index < -0.39 is 24.1 Å². The summed E-state index contributed by atoms with van der Waals surface area (Å²) in [5, 5.41) is 9.40. The lowest BCUT2D eigenvalue weighted by atomic mass is 10.00. The molecule has 0 spiro atoms. The highest BCUT2D eigenvalue weighted by molar-refractivity contribution is 6.31. The Hall–Kier alpha value is -1.69.